The Kier molecular flexibility index (Phi) is 5.80. The summed E-state index contributed by atoms with van der Waals surface area (Å²) in [5.41, 5.74) is 3.74. The Morgan fingerprint density at radius 2 is 2.00 bits per heavy atom. The van der Waals surface area contributed by atoms with Gasteiger partial charge in [0.2, 0.25) is 6.41 Å². The zero-order valence-electron chi connectivity index (χ0n) is 13.6. The highest BCUT2D eigenvalue weighted by Crippen LogP contribution is 2.38. The molecule has 1 aliphatic rings. The van der Waals surface area contributed by atoms with Crippen molar-refractivity contribution in [1.82, 2.24) is 4.90 Å². The van der Waals surface area contributed by atoms with E-state index in [1.807, 2.05) is 12.1 Å². The summed E-state index contributed by atoms with van der Waals surface area (Å²) in [6.07, 6.45) is 5.53. The molecule has 0 fully saturated rings. The molecule has 0 saturated carbocycles. The summed E-state index contributed by atoms with van der Waals surface area (Å²) in [4.78, 5) is 13.5. The number of aryl methyl sites for hydroxylation is 1. The molecule has 0 saturated heterocycles. The van der Waals surface area contributed by atoms with Crippen LogP contribution < -0.4 is 5.32 Å². The number of carbonyl (C=O) groups excluding carboxylic acids is 1. The summed E-state index contributed by atoms with van der Waals surface area (Å²) in [6.45, 7) is 9.16. The van der Waals surface area contributed by atoms with Gasteiger partial charge in [-0.2, -0.15) is 0 Å². The Bertz CT molecular complexity index is 466. The van der Waals surface area contributed by atoms with Crippen molar-refractivity contribution in [2.24, 2.45) is 0 Å². The lowest BCUT2D eigenvalue weighted by Gasteiger charge is -2.40. The van der Waals surface area contributed by atoms with Crippen molar-refractivity contribution < 1.29 is 4.79 Å². The smallest absolute Gasteiger partial charge is 0.211 e. The number of benzene rings is 1. The Morgan fingerprint density at radius 1 is 1.29 bits per heavy atom. The summed E-state index contributed by atoms with van der Waals surface area (Å²) in [5, 5.41) is 2.89. The molecule has 0 heterocycles. The molecule has 0 radical (unpaired) electrons. The molecule has 116 valence electrons. The van der Waals surface area contributed by atoms with Gasteiger partial charge in [-0.3, -0.25) is 9.69 Å². The molecule has 2 unspecified atom stereocenters. The number of hydrogen-bond donors (Lipinski definition) is 1. The second-order valence-electron chi connectivity index (χ2n) is 6.07. The minimum absolute atomic E-state index is 0.468. The average Bonchev–Trinajstić information content (AvgIpc) is 2.48. The molecule has 3 nitrogen and oxygen atoms in total. The standard InChI is InChI=1S/C18H28N2O/c1-4-11-20(12-5-2)17-10-9-15-7-6-8-16(19-13-21)18(15)14(17)3/h6-8,13-14,17H,4-5,9-12H2,1-3H3,(H,19,21). The monoisotopic (exact) mass is 288 g/mol. The molecule has 0 bridgehead atoms. The van der Waals surface area contributed by atoms with Crippen LogP contribution in [0.1, 0.15) is 57.1 Å². The van der Waals surface area contributed by atoms with Crippen LogP contribution in [0.5, 0.6) is 0 Å². The van der Waals surface area contributed by atoms with Gasteiger partial charge >= 0.3 is 0 Å². The van der Waals surface area contributed by atoms with Crippen molar-refractivity contribution in [1.29, 1.82) is 0 Å². The maximum atomic E-state index is 10.9. The maximum absolute atomic E-state index is 10.9. The molecule has 1 aliphatic carbocycles. The lowest BCUT2D eigenvalue weighted by molar-refractivity contribution is -0.105. The van der Waals surface area contributed by atoms with E-state index in [4.69, 9.17) is 0 Å². The molecule has 21 heavy (non-hydrogen) atoms. The van der Waals surface area contributed by atoms with Crippen molar-refractivity contribution in [2.75, 3.05) is 18.4 Å². The van der Waals surface area contributed by atoms with Gasteiger partial charge in [0, 0.05) is 11.7 Å². The third-order valence-corrected chi connectivity index (χ3v) is 4.64. The first-order valence-electron chi connectivity index (χ1n) is 8.28. The van der Waals surface area contributed by atoms with Crippen LogP contribution in [0.25, 0.3) is 0 Å². The Labute approximate surface area is 128 Å². The summed E-state index contributed by atoms with van der Waals surface area (Å²) in [6, 6.07) is 6.87. The van der Waals surface area contributed by atoms with Gasteiger partial charge in [-0.25, -0.2) is 0 Å². The van der Waals surface area contributed by atoms with Gasteiger partial charge in [-0.15, -0.1) is 0 Å². The van der Waals surface area contributed by atoms with Crippen LogP contribution in [0, 0.1) is 0 Å². The van der Waals surface area contributed by atoms with Crippen molar-refractivity contribution in [3.8, 4) is 0 Å². The van der Waals surface area contributed by atoms with Crippen LogP contribution in [0.3, 0.4) is 0 Å². The zero-order chi connectivity index (χ0) is 15.2. The van der Waals surface area contributed by atoms with E-state index in [9.17, 15) is 4.79 Å². The quantitative estimate of drug-likeness (QED) is 0.774. The molecular weight excluding hydrogens is 260 g/mol. The average molecular weight is 288 g/mol. The van der Waals surface area contributed by atoms with Gasteiger partial charge in [0.05, 0.1) is 0 Å². The van der Waals surface area contributed by atoms with Gasteiger partial charge in [-0.05, 0) is 61.9 Å². The number of nitrogens with one attached hydrogen (secondary N) is 1. The number of anilines is 1. The summed E-state index contributed by atoms with van der Waals surface area (Å²) < 4.78 is 0. The van der Waals surface area contributed by atoms with E-state index in [1.165, 1.54) is 43.5 Å². The molecule has 1 aromatic carbocycles. The highest BCUT2D eigenvalue weighted by molar-refractivity contribution is 5.75. The van der Waals surface area contributed by atoms with Crippen molar-refractivity contribution in [2.45, 2.75) is 58.4 Å². The first kappa shape index (κ1) is 16.0. The second kappa shape index (κ2) is 7.60. The minimum Gasteiger partial charge on any atom is -0.328 e. The van der Waals surface area contributed by atoms with Gasteiger partial charge in [0.15, 0.2) is 0 Å². The molecule has 2 atom stereocenters. The molecule has 1 N–H and O–H groups in total. The number of carbonyl (C=O) groups is 1. The molecular formula is C18H28N2O. The zero-order valence-corrected chi connectivity index (χ0v) is 13.6. The second-order valence-corrected chi connectivity index (χ2v) is 6.07. The summed E-state index contributed by atoms with van der Waals surface area (Å²) in [7, 11) is 0. The van der Waals surface area contributed by atoms with Gasteiger partial charge in [0.1, 0.15) is 0 Å². The van der Waals surface area contributed by atoms with Gasteiger partial charge in [0.25, 0.3) is 0 Å². The summed E-state index contributed by atoms with van der Waals surface area (Å²) >= 11 is 0. The van der Waals surface area contributed by atoms with Crippen molar-refractivity contribution >= 4 is 12.1 Å². The van der Waals surface area contributed by atoms with Crippen LogP contribution in [0.4, 0.5) is 5.69 Å². The fourth-order valence-corrected chi connectivity index (χ4v) is 3.82. The highest BCUT2D eigenvalue weighted by Gasteiger charge is 2.31. The van der Waals surface area contributed by atoms with Gasteiger partial charge < -0.3 is 5.32 Å². The lowest BCUT2D eigenvalue weighted by Crippen LogP contribution is -2.42. The van der Waals surface area contributed by atoms with Crippen molar-refractivity contribution in [3.63, 3.8) is 0 Å². The lowest BCUT2D eigenvalue weighted by atomic mass is 9.78. The summed E-state index contributed by atoms with van der Waals surface area (Å²) in [5.74, 6) is 0.468. The Hall–Kier alpha value is -1.35. The number of rotatable bonds is 7. The predicted octanol–water partition coefficient (Wildman–Crippen LogP) is 3.80. The van der Waals surface area contributed by atoms with E-state index in [2.05, 4.69) is 37.1 Å². The third-order valence-electron chi connectivity index (χ3n) is 4.64. The van der Waals surface area contributed by atoms with E-state index in [-0.39, 0.29) is 0 Å². The van der Waals surface area contributed by atoms with E-state index in [0.717, 1.165) is 18.5 Å². The maximum Gasteiger partial charge on any atom is 0.211 e. The molecule has 0 spiro atoms. The first-order valence-corrected chi connectivity index (χ1v) is 8.28. The number of nitrogens with zero attached hydrogens (tertiary/aromatic N) is 1. The molecule has 2 rings (SSSR count). The van der Waals surface area contributed by atoms with Crippen LogP contribution >= 0.6 is 0 Å². The van der Waals surface area contributed by atoms with Gasteiger partial charge in [-0.1, -0.05) is 32.9 Å². The Morgan fingerprint density at radius 3 is 2.62 bits per heavy atom. The number of hydrogen-bond acceptors (Lipinski definition) is 2. The fourth-order valence-electron chi connectivity index (χ4n) is 3.82. The third kappa shape index (κ3) is 3.46. The number of fused-ring (bicyclic) bond motifs is 1. The molecule has 0 aromatic heterocycles. The normalized spacial score (nSPS) is 21.1. The minimum atomic E-state index is 0.468. The van der Waals surface area contributed by atoms with E-state index >= 15 is 0 Å². The van der Waals surface area contributed by atoms with Crippen LogP contribution in [0.2, 0.25) is 0 Å². The molecule has 3 heteroatoms. The van der Waals surface area contributed by atoms with E-state index < -0.39 is 0 Å². The first-order chi connectivity index (χ1) is 10.2. The highest BCUT2D eigenvalue weighted by atomic mass is 16.1. The van der Waals surface area contributed by atoms with E-state index in [0.29, 0.717) is 12.0 Å². The van der Waals surface area contributed by atoms with Crippen LogP contribution in [0.15, 0.2) is 18.2 Å². The van der Waals surface area contributed by atoms with Crippen LogP contribution in [-0.2, 0) is 11.2 Å². The molecule has 0 aliphatic heterocycles. The van der Waals surface area contributed by atoms with Crippen molar-refractivity contribution in [3.05, 3.63) is 29.3 Å². The predicted molar refractivity (Wildman–Crippen MR) is 88.8 cm³/mol. The fraction of sp³-hybridized carbons (Fsp3) is 0.611. The molecule has 1 amide bonds. The largest absolute Gasteiger partial charge is 0.328 e. The topological polar surface area (TPSA) is 32.3 Å². The number of amides is 1. The SMILES string of the molecule is CCCN(CCC)C1CCc2cccc(NC=O)c2C1C. The molecule has 1 aromatic rings. The van der Waals surface area contributed by atoms with E-state index in [1.54, 1.807) is 0 Å². The van der Waals surface area contributed by atoms with Crippen LogP contribution in [-0.4, -0.2) is 30.4 Å². The Balaban J connectivity index is 2.29.